The molecule has 7 heteroatoms. The molecule has 1 aromatic carbocycles. The molecule has 2 aliphatic heterocycles. The van der Waals surface area contributed by atoms with Gasteiger partial charge in [-0.25, -0.2) is 0 Å². The van der Waals surface area contributed by atoms with E-state index in [0.717, 1.165) is 23.7 Å². The molecule has 2 aliphatic rings. The molecule has 0 radical (unpaired) electrons. The number of amides is 2. The summed E-state index contributed by atoms with van der Waals surface area (Å²) in [6.45, 7) is 6.19. The lowest BCUT2D eigenvalue weighted by atomic mass is 9.91. The van der Waals surface area contributed by atoms with E-state index in [1.54, 1.807) is 6.07 Å². The summed E-state index contributed by atoms with van der Waals surface area (Å²) in [5, 5.41) is 12.5. The maximum absolute atomic E-state index is 12.2. The highest BCUT2D eigenvalue weighted by molar-refractivity contribution is 6.33. The van der Waals surface area contributed by atoms with Gasteiger partial charge in [-0.1, -0.05) is 25.4 Å². The minimum atomic E-state index is -0.442. The van der Waals surface area contributed by atoms with Gasteiger partial charge in [-0.15, -0.1) is 0 Å². The number of carbonyl (C=O) groups is 2. The Kier molecular flexibility index (Phi) is 5.53. The van der Waals surface area contributed by atoms with Crippen molar-refractivity contribution in [2.24, 2.45) is 11.8 Å². The summed E-state index contributed by atoms with van der Waals surface area (Å²) in [5.74, 6) is 0.378. The number of nitrogens with one attached hydrogen (secondary N) is 1. The molecule has 1 aromatic rings. The van der Waals surface area contributed by atoms with Gasteiger partial charge in [0, 0.05) is 24.9 Å². The average Bonchev–Trinajstić information content (AvgIpc) is 2.82. The first-order valence-corrected chi connectivity index (χ1v) is 9.26. The number of carbonyl (C=O) groups excluding carboxylic acids is 2. The first-order valence-electron chi connectivity index (χ1n) is 8.89. The Hall–Kier alpha value is -2.05. The number of aliphatic hydroxyl groups excluding tert-OH is 1. The van der Waals surface area contributed by atoms with Gasteiger partial charge in [0.05, 0.1) is 23.9 Å². The molecule has 6 nitrogen and oxygen atoms in total. The summed E-state index contributed by atoms with van der Waals surface area (Å²) in [6, 6.07) is 5.58. The van der Waals surface area contributed by atoms with Gasteiger partial charge in [0.25, 0.3) is 11.8 Å². The Labute approximate surface area is 158 Å². The standard InChI is InChI=1S/C19H24ClN3O3/c1-12-7-13(2)11-22(10-12)17-4-3-14(8-15(17)20)21-16-9-18(25)23(5-6-24)19(16)26/h3-4,8-9,12-13,21,24H,5-7,10-11H2,1-2H3. The van der Waals surface area contributed by atoms with Gasteiger partial charge in [0.1, 0.15) is 5.70 Å². The number of imide groups is 1. The van der Waals surface area contributed by atoms with Gasteiger partial charge in [0.2, 0.25) is 0 Å². The van der Waals surface area contributed by atoms with E-state index >= 15 is 0 Å². The van der Waals surface area contributed by atoms with E-state index in [1.165, 1.54) is 12.5 Å². The molecule has 2 heterocycles. The van der Waals surface area contributed by atoms with Gasteiger partial charge in [-0.2, -0.15) is 0 Å². The Morgan fingerprint density at radius 1 is 1.23 bits per heavy atom. The van der Waals surface area contributed by atoms with E-state index in [9.17, 15) is 9.59 Å². The van der Waals surface area contributed by atoms with Crippen LogP contribution in [-0.4, -0.2) is 48.1 Å². The topological polar surface area (TPSA) is 72.9 Å². The van der Waals surface area contributed by atoms with Crippen LogP contribution in [0.3, 0.4) is 0 Å². The molecule has 140 valence electrons. The molecule has 0 spiro atoms. The maximum Gasteiger partial charge on any atom is 0.277 e. The highest BCUT2D eigenvalue weighted by Crippen LogP contribution is 2.33. The molecule has 0 aromatic heterocycles. The van der Waals surface area contributed by atoms with E-state index in [4.69, 9.17) is 16.7 Å². The van der Waals surface area contributed by atoms with Gasteiger partial charge in [0.15, 0.2) is 0 Å². The van der Waals surface area contributed by atoms with Crippen LogP contribution in [-0.2, 0) is 9.59 Å². The molecule has 0 saturated carbocycles. The van der Waals surface area contributed by atoms with E-state index in [2.05, 4.69) is 24.1 Å². The molecule has 0 aliphatic carbocycles. The summed E-state index contributed by atoms with van der Waals surface area (Å²) in [5.41, 5.74) is 1.82. The summed E-state index contributed by atoms with van der Waals surface area (Å²) in [7, 11) is 0. The zero-order valence-corrected chi connectivity index (χ0v) is 15.8. The van der Waals surface area contributed by atoms with Crippen LogP contribution in [0.1, 0.15) is 20.3 Å². The van der Waals surface area contributed by atoms with Crippen LogP contribution >= 0.6 is 11.6 Å². The molecular weight excluding hydrogens is 354 g/mol. The first kappa shape index (κ1) is 18.7. The molecule has 1 fully saturated rings. The smallest absolute Gasteiger partial charge is 0.277 e. The van der Waals surface area contributed by atoms with Gasteiger partial charge < -0.3 is 15.3 Å². The van der Waals surface area contributed by atoms with Gasteiger partial charge >= 0.3 is 0 Å². The fraction of sp³-hybridized carbons (Fsp3) is 0.474. The summed E-state index contributed by atoms with van der Waals surface area (Å²) in [4.78, 5) is 27.3. The fourth-order valence-electron chi connectivity index (χ4n) is 3.77. The summed E-state index contributed by atoms with van der Waals surface area (Å²) >= 11 is 6.49. The van der Waals surface area contributed by atoms with Crippen LogP contribution in [0.4, 0.5) is 11.4 Å². The van der Waals surface area contributed by atoms with Crippen molar-refractivity contribution in [2.75, 3.05) is 36.5 Å². The quantitative estimate of drug-likeness (QED) is 0.771. The van der Waals surface area contributed by atoms with Crippen LogP contribution in [0.5, 0.6) is 0 Å². The lowest BCUT2D eigenvalue weighted by Gasteiger charge is -2.37. The number of nitrogens with zero attached hydrogens (tertiary/aromatic N) is 2. The third-order valence-electron chi connectivity index (χ3n) is 4.77. The monoisotopic (exact) mass is 377 g/mol. The van der Waals surface area contributed by atoms with E-state index in [-0.39, 0.29) is 18.8 Å². The lowest BCUT2D eigenvalue weighted by Crippen LogP contribution is -2.38. The molecule has 2 amide bonds. The van der Waals surface area contributed by atoms with E-state index in [1.807, 2.05) is 12.1 Å². The minimum absolute atomic E-state index is 0.00955. The maximum atomic E-state index is 12.2. The number of aliphatic hydroxyl groups is 1. The third-order valence-corrected chi connectivity index (χ3v) is 5.07. The molecule has 2 N–H and O–H groups in total. The van der Waals surface area contributed by atoms with E-state index < -0.39 is 11.8 Å². The molecule has 2 unspecified atom stereocenters. The van der Waals surface area contributed by atoms with Crippen molar-refractivity contribution >= 4 is 34.8 Å². The van der Waals surface area contributed by atoms with Crippen LogP contribution in [0.2, 0.25) is 5.02 Å². The van der Waals surface area contributed by atoms with Crippen LogP contribution in [0.15, 0.2) is 30.0 Å². The second-order valence-corrected chi connectivity index (χ2v) is 7.63. The van der Waals surface area contributed by atoms with Crippen LogP contribution in [0, 0.1) is 11.8 Å². The molecule has 1 saturated heterocycles. The zero-order valence-electron chi connectivity index (χ0n) is 15.0. The number of rotatable bonds is 5. The van der Waals surface area contributed by atoms with Gasteiger partial charge in [-0.3, -0.25) is 14.5 Å². The van der Waals surface area contributed by atoms with Crippen molar-refractivity contribution < 1.29 is 14.7 Å². The fourth-order valence-corrected chi connectivity index (χ4v) is 4.07. The number of hydrogen-bond donors (Lipinski definition) is 2. The van der Waals surface area contributed by atoms with Crippen molar-refractivity contribution in [3.05, 3.63) is 35.0 Å². The predicted molar refractivity (Wildman–Crippen MR) is 102 cm³/mol. The number of β-amino-alcohol motifs (C(OH)–C–C–N with tert-alkyl or cyclic N) is 1. The second kappa shape index (κ2) is 7.68. The first-order chi connectivity index (χ1) is 12.4. The van der Waals surface area contributed by atoms with Crippen LogP contribution < -0.4 is 10.2 Å². The molecule has 2 atom stereocenters. The average molecular weight is 378 g/mol. The van der Waals surface area contributed by atoms with Crippen molar-refractivity contribution in [2.45, 2.75) is 20.3 Å². The van der Waals surface area contributed by atoms with Crippen molar-refractivity contribution in [3.8, 4) is 0 Å². The SMILES string of the molecule is CC1CC(C)CN(c2ccc(NC3=CC(=O)N(CCO)C3=O)cc2Cl)C1. The summed E-state index contributed by atoms with van der Waals surface area (Å²) < 4.78 is 0. The zero-order chi connectivity index (χ0) is 18.8. The summed E-state index contributed by atoms with van der Waals surface area (Å²) in [6.07, 6.45) is 2.47. The molecule has 3 rings (SSSR count). The Balaban J connectivity index is 1.73. The van der Waals surface area contributed by atoms with Crippen molar-refractivity contribution in [1.29, 1.82) is 0 Å². The number of halogens is 1. The Bertz CT molecular complexity index is 740. The number of piperidine rings is 1. The van der Waals surface area contributed by atoms with Crippen molar-refractivity contribution in [3.63, 3.8) is 0 Å². The third kappa shape index (κ3) is 3.86. The molecular formula is C19H24ClN3O3. The van der Waals surface area contributed by atoms with E-state index in [0.29, 0.717) is 22.5 Å². The lowest BCUT2D eigenvalue weighted by molar-refractivity contribution is -0.137. The largest absolute Gasteiger partial charge is 0.395 e. The highest BCUT2D eigenvalue weighted by atomic mass is 35.5. The Morgan fingerprint density at radius 2 is 1.92 bits per heavy atom. The van der Waals surface area contributed by atoms with Crippen molar-refractivity contribution in [1.82, 2.24) is 4.90 Å². The second-order valence-electron chi connectivity index (χ2n) is 7.22. The number of benzene rings is 1. The molecule has 26 heavy (non-hydrogen) atoms. The number of hydrogen-bond acceptors (Lipinski definition) is 5. The normalized spacial score (nSPS) is 23.5. The minimum Gasteiger partial charge on any atom is -0.395 e. The predicted octanol–water partition coefficient (Wildman–Crippen LogP) is 2.48. The van der Waals surface area contributed by atoms with Crippen LogP contribution in [0.25, 0.3) is 0 Å². The van der Waals surface area contributed by atoms with Gasteiger partial charge in [-0.05, 0) is 36.5 Å². The number of anilines is 2. The Morgan fingerprint density at radius 3 is 2.54 bits per heavy atom. The molecule has 0 bridgehead atoms. The highest BCUT2D eigenvalue weighted by Gasteiger charge is 2.30.